The van der Waals surface area contributed by atoms with Crippen molar-refractivity contribution in [3.8, 4) is 5.75 Å². The third kappa shape index (κ3) is 7.07. The van der Waals surface area contributed by atoms with Gasteiger partial charge in [0.25, 0.3) is 5.91 Å². The maximum absolute atomic E-state index is 13.0. The highest BCUT2D eigenvalue weighted by Gasteiger charge is 2.23. The Balaban J connectivity index is 2.25. The van der Waals surface area contributed by atoms with Crippen LogP contribution in [0.3, 0.4) is 0 Å². The molecule has 0 aliphatic rings. The molecule has 0 heterocycles. The largest absolute Gasteiger partial charge is 0.494 e. The van der Waals surface area contributed by atoms with E-state index in [1.807, 2.05) is 19.9 Å². The van der Waals surface area contributed by atoms with Crippen LogP contribution < -0.4 is 20.1 Å². The van der Waals surface area contributed by atoms with Crippen LogP contribution in [0, 0.1) is 5.92 Å². The molecule has 0 aliphatic carbocycles. The molecule has 0 radical (unpaired) electrons. The van der Waals surface area contributed by atoms with Gasteiger partial charge in [0.05, 0.1) is 19.1 Å². The molecule has 3 N–H and O–H groups in total. The SMILES string of the molecule is COc1cc(NC(=O)C(NC(=O)CC(C)C)c2ccccc2)ccc1NS(C)(=O)=O. The third-order valence-corrected chi connectivity index (χ3v) is 4.65. The fourth-order valence-electron chi connectivity index (χ4n) is 2.80. The third-order valence-electron chi connectivity index (χ3n) is 4.06. The number of anilines is 2. The molecular formula is C21H27N3O5S. The Morgan fingerprint density at radius 3 is 2.30 bits per heavy atom. The van der Waals surface area contributed by atoms with Crippen LogP contribution in [0.15, 0.2) is 48.5 Å². The number of rotatable bonds is 9. The number of hydrogen-bond acceptors (Lipinski definition) is 5. The van der Waals surface area contributed by atoms with Gasteiger partial charge in [0.1, 0.15) is 11.8 Å². The smallest absolute Gasteiger partial charge is 0.251 e. The molecule has 0 aliphatic heterocycles. The quantitative estimate of drug-likeness (QED) is 0.563. The van der Waals surface area contributed by atoms with Crippen molar-refractivity contribution in [2.24, 2.45) is 5.92 Å². The lowest BCUT2D eigenvalue weighted by Crippen LogP contribution is -2.37. The molecule has 2 aromatic rings. The summed E-state index contributed by atoms with van der Waals surface area (Å²) in [5.74, 6) is -0.245. The Bertz CT molecular complexity index is 991. The second kappa shape index (κ2) is 10.1. The van der Waals surface area contributed by atoms with Crippen molar-refractivity contribution in [1.82, 2.24) is 5.32 Å². The van der Waals surface area contributed by atoms with Crippen LogP contribution in [-0.2, 0) is 19.6 Å². The molecule has 1 atom stereocenters. The van der Waals surface area contributed by atoms with Crippen molar-refractivity contribution in [2.45, 2.75) is 26.3 Å². The Morgan fingerprint density at radius 1 is 1.07 bits per heavy atom. The Labute approximate surface area is 177 Å². The van der Waals surface area contributed by atoms with Gasteiger partial charge in [-0.1, -0.05) is 44.2 Å². The molecule has 162 valence electrons. The van der Waals surface area contributed by atoms with Crippen LogP contribution in [0.2, 0.25) is 0 Å². The molecule has 0 saturated heterocycles. The fraction of sp³-hybridized carbons (Fsp3) is 0.333. The topological polar surface area (TPSA) is 114 Å². The minimum absolute atomic E-state index is 0.156. The number of amides is 2. The molecular weight excluding hydrogens is 406 g/mol. The zero-order valence-electron chi connectivity index (χ0n) is 17.4. The van der Waals surface area contributed by atoms with E-state index >= 15 is 0 Å². The number of ether oxygens (including phenoxy) is 1. The predicted molar refractivity (Wildman–Crippen MR) is 117 cm³/mol. The van der Waals surface area contributed by atoms with Crippen LogP contribution in [0.25, 0.3) is 0 Å². The highest BCUT2D eigenvalue weighted by atomic mass is 32.2. The maximum Gasteiger partial charge on any atom is 0.251 e. The average Bonchev–Trinajstić information content (AvgIpc) is 2.66. The van der Waals surface area contributed by atoms with Gasteiger partial charge in [0, 0.05) is 18.2 Å². The first kappa shape index (κ1) is 23.2. The first-order valence-corrected chi connectivity index (χ1v) is 11.3. The number of carbonyl (C=O) groups is 2. The van der Waals surface area contributed by atoms with Crippen LogP contribution in [0.4, 0.5) is 11.4 Å². The van der Waals surface area contributed by atoms with Gasteiger partial charge in [-0.25, -0.2) is 8.42 Å². The van der Waals surface area contributed by atoms with Gasteiger partial charge in [0.15, 0.2) is 0 Å². The van der Waals surface area contributed by atoms with E-state index in [4.69, 9.17) is 4.74 Å². The van der Waals surface area contributed by atoms with Gasteiger partial charge in [0.2, 0.25) is 15.9 Å². The lowest BCUT2D eigenvalue weighted by atomic mass is 10.0. The van der Waals surface area contributed by atoms with E-state index in [0.717, 1.165) is 6.26 Å². The van der Waals surface area contributed by atoms with Gasteiger partial charge in [-0.2, -0.15) is 0 Å². The summed E-state index contributed by atoms with van der Waals surface area (Å²) in [6.45, 7) is 3.85. The fourth-order valence-corrected chi connectivity index (χ4v) is 3.37. The highest BCUT2D eigenvalue weighted by molar-refractivity contribution is 7.92. The van der Waals surface area contributed by atoms with E-state index in [1.165, 1.54) is 19.2 Å². The molecule has 1 unspecified atom stereocenters. The number of benzene rings is 2. The lowest BCUT2D eigenvalue weighted by molar-refractivity contribution is -0.127. The number of methoxy groups -OCH3 is 1. The number of sulfonamides is 1. The molecule has 0 saturated carbocycles. The van der Waals surface area contributed by atoms with Crippen LogP contribution in [-0.4, -0.2) is 33.6 Å². The van der Waals surface area contributed by atoms with Crippen molar-refractivity contribution in [2.75, 3.05) is 23.4 Å². The molecule has 2 rings (SSSR count). The molecule has 30 heavy (non-hydrogen) atoms. The molecule has 0 spiro atoms. The monoisotopic (exact) mass is 433 g/mol. The summed E-state index contributed by atoms with van der Waals surface area (Å²) in [4.78, 5) is 25.3. The number of nitrogens with one attached hydrogen (secondary N) is 3. The highest BCUT2D eigenvalue weighted by Crippen LogP contribution is 2.29. The molecule has 9 heteroatoms. The molecule has 0 aromatic heterocycles. The molecule has 0 bridgehead atoms. The standard InChI is InChI=1S/C21H27N3O5S/c1-14(2)12-19(25)23-20(15-8-6-5-7-9-15)21(26)22-16-10-11-17(18(13-16)29-3)24-30(4,27)28/h5-11,13-14,20,24H,12H2,1-4H3,(H,22,26)(H,23,25). The summed E-state index contributed by atoms with van der Waals surface area (Å²) in [6, 6.07) is 12.6. The average molecular weight is 434 g/mol. The predicted octanol–water partition coefficient (Wildman–Crippen LogP) is 2.91. The van der Waals surface area contributed by atoms with Crippen molar-refractivity contribution in [3.05, 3.63) is 54.1 Å². The van der Waals surface area contributed by atoms with E-state index in [1.54, 1.807) is 30.3 Å². The van der Waals surface area contributed by atoms with Gasteiger partial charge >= 0.3 is 0 Å². The van der Waals surface area contributed by atoms with Gasteiger partial charge in [-0.15, -0.1) is 0 Å². The minimum atomic E-state index is -3.48. The van der Waals surface area contributed by atoms with Crippen LogP contribution >= 0.6 is 0 Å². The van der Waals surface area contributed by atoms with Gasteiger partial charge in [-0.3, -0.25) is 14.3 Å². The van der Waals surface area contributed by atoms with E-state index in [2.05, 4.69) is 15.4 Å². The van der Waals surface area contributed by atoms with E-state index in [-0.39, 0.29) is 23.3 Å². The first-order valence-electron chi connectivity index (χ1n) is 9.40. The number of hydrogen-bond donors (Lipinski definition) is 3. The maximum atomic E-state index is 13.0. The molecule has 0 fully saturated rings. The zero-order chi connectivity index (χ0) is 22.3. The molecule has 2 amide bonds. The van der Waals surface area contributed by atoms with Crippen molar-refractivity contribution >= 4 is 33.2 Å². The van der Waals surface area contributed by atoms with Crippen molar-refractivity contribution in [1.29, 1.82) is 0 Å². The Kier molecular flexibility index (Phi) is 7.82. The second-order valence-electron chi connectivity index (χ2n) is 7.29. The van der Waals surface area contributed by atoms with E-state index < -0.39 is 22.0 Å². The van der Waals surface area contributed by atoms with Crippen molar-refractivity contribution in [3.63, 3.8) is 0 Å². The summed E-state index contributed by atoms with van der Waals surface area (Å²) in [5.41, 5.74) is 1.30. The van der Waals surface area contributed by atoms with Crippen LogP contribution in [0.5, 0.6) is 5.75 Å². The van der Waals surface area contributed by atoms with E-state index in [9.17, 15) is 18.0 Å². The van der Waals surface area contributed by atoms with E-state index in [0.29, 0.717) is 17.7 Å². The summed E-state index contributed by atoms with van der Waals surface area (Å²) in [6.07, 6.45) is 1.34. The van der Waals surface area contributed by atoms with Gasteiger partial charge in [-0.05, 0) is 23.6 Å². The normalized spacial score (nSPS) is 12.2. The molecule has 2 aromatic carbocycles. The second-order valence-corrected chi connectivity index (χ2v) is 9.04. The Hall–Kier alpha value is -3.07. The number of carbonyl (C=O) groups excluding carboxylic acids is 2. The molecule has 8 nitrogen and oxygen atoms in total. The Morgan fingerprint density at radius 2 is 1.73 bits per heavy atom. The van der Waals surface area contributed by atoms with Crippen LogP contribution in [0.1, 0.15) is 31.9 Å². The zero-order valence-corrected chi connectivity index (χ0v) is 18.2. The first-order chi connectivity index (χ1) is 14.1. The summed E-state index contributed by atoms with van der Waals surface area (Å²) in [5, 5.41) is 5.53. The van der Waals surface area contributed by atoms with Crippen molar-refractivity contribution < 1.29 is 22.7 Å². The lowest BCUT2D eigenvalue weighted by Gasteiger charge is -2.20. The van der Waals surface area contributed by atoms with Gasteiger partial charge < -0.3 is 15.4 Å². The summed E-state index contributed by atoms with van der Waals surface area (Å²) >= 11 is 0. The summed E-state index contributed by atoms with van der Waals surface area (Å²) in [7, 11) is -2.09. The minimum Gasteiger partial charge on any atom is -0.494 e. The summed E-state index contributed by atoms with van der Waals surface area (Å²) < 4.78 is 30.5.